The molecule has 0 aliphatic rings. The van der Waals surface area contributed by atoms with Crippen LogP contribution in [0.2, 0.25) is 0 Å². The monoisotopic (exact) mass is 323 g/mol. The minimum Gasteiger partial charge on any atom is -0.486 e. The first-order valence-corrected chi connectivity index (χ1v) is 5.81. The van der Waals surface area contributed by atoms with E-state index in [1.54, 1.807) is 5.32 Å². The number of hydrogen-bond acceptors (Lipinski definition) is 2. The van der Waals surface area contributed by atoms with Gasteiger partial charge in [0.2, 0.25) is 0 Å². The van der Waals surface area contributed by atoms with E-state index in [1.165, 1.54) is 0 Å². The van der Waals surface area contributed by atoms with Crippen molar-refractivity contribution in [1.29, 1.82) is 0 Å². The second kappa shape index (κ2) is 7.31. The quantitative estimate of drug-likeness (QED) is 0.849. The lowest BCUT2D eigenvalue weighted by Crippen LogP contribution is -2.16. The van der Waals surface area contributed by atoms with Gasteiger partial charge in [-0.3, -0.25) is 0 Å². The average molecular weight is 323 g/mol. The Balaban J connectivity index is 2.80. The molecular weight excluding hydrogens is 291 g/mol. The number of halogens is 3. The van der Waals surface area contributed by atoms with Crippen molar-refractivity contribution >= 4 is 0 Å². The van der Waals surface area contributed by atoms with Crippen LogP contribution in [0.3, 0.4) is 0 Å². The van der Waals surface area contributed by atoms with Gasteiger partial charge in [-0.25, -0.2) is 0 Å². The van der Waals surface area contributed by atoms with Crippen molar-refractivity contribution in [2.75, 3.05) is 13.5 Å². The molecule has 2 nitrogen and oxygen atoms in total. The molecule has 0 aromatic heterocycles. The highest BCUT2D eigenvalue weighted by atomic mass is 19.4. The topological polar surface area (TPSA) is 21.3 Å². The summed E-state index contributed by atoms with van der Waals surface area (Å²) in [6, 6.07) is -10.2. The maximum Gasteiger partial charge on any atom is 0.416 e. The van der Waals surface area contributed by atoms with E-state index >= 15 is 0 Å². The molecule has 0 radical (unpaired) electrons. The Hall–Kier alpha value is -2.01. The number of ether oxygens (including phenoxy) is 1. The Labute approximate surface area is 147 Å². The minimum atomic E-state index is -5.27. The van der Waals surface area contributed by atoms with Crippen molar-refractivity contribution in [3.05, 3.63) is 65.5 Å². The number of nitrogens with one attached hydrogen (secondary N) is 1. The maximum absolute atomic E-state index is 13.3. The predicted molar refractivity (Wildman–Crippen MR) is 79.8 cm³/mol. The van der Waals surface area contributed by atoms with Crippen molar-refractivity contribution in [3.63, 3.8) is 0 Å². The van der Waals surface area contributed by atoms with Crippen molar-refractivity contribution in [2.24, 2.45) is 0 Å². The molecule has 0 saturated carbocycles. The first-order valence-electron chi connectivity index (χ1n) is 12.8. The van der Waals surface area contributed by atoms with Gasteiger partial charge in [0.25, 0.3) is 0 Å². The van der Waals surface area contributed by atoms with E-state index in [-0.39, 0.29) is 0 Å². The maximum atomic E-state index is 13.3. The van der Waals surface area contributed by atoms with Crippen LogP contribution in [0, 0.1) is 0 Å². The van der Waals surface area contributed by atoms with E-state index in [2.05, 4.69) is 0 Å². The summed E-state index contributed by atoms with van der Waals surface area (Å²) in [4.78, 5) is 0. The summed E-state index contributed by atoms with van der Waals surface area (Å²) in [6.45, 7) is -5.96. The third-order valence-electron chi connectivity index (χ3n) is 2.36. The van der Waals surface area contributed by atoms with Gasteiger partial charge in [-0.2, -0.15) is 13.2 Å². The molecule has 0 bridgehead atoms. The number of benzene rings is 2. The predicted octanol–water partition coefficient (Wildman–Crippen LogP) is 4.44. The normalized spacial score (nSPS) is 23.2. The van der Waals surface area contributed by atoms with E-state index < -0.39 is 103 Å². The summed E-state index contributed by atoms with van der Waals surface area (Å²) in [5.74, 6) is -1.13. The Morgan fingerprint density at radius 2 is 1.86 bits per heavy atom. The van der Waals surface area contributed by atoms with Crippen LogP contribution in [-0.2, 0) is 6.18 Å². The molecule has 0 fully saturated rings. The van der Waals surface area contributed by atoms with Gasteiger partial charge in [0.15, 0.2) is 0 Å². The summed E-state index contributed by atoms with van der Waals surface area (Å²) in [5.41, 5.74) is -2.64. The molecule has 1 N–H and O–H groups in total. The van der Waals surface area contributed by atoms with E-state index in [0.29, 0.717) is 0 Å². The van der Waals surface area contributed by atoms with Crippen molar-refractivity contribution < 1.29 is 37.1 Å². The van der Waals surface area contributed by atoms with Crippen LogP contribution < -0.4 is 10.1 Å². The first kappa shape index (κ1) is 5.89. The van der Waals surface area contributed by atoms with Gasteiger partial charge in [-0.15, -0.1) is 0 Å². The lowest BCUT2D eigenvalue weighted by atomic mass is 10.1. The molecule has 0 amide bonds. The van der Waals surface area contributed by atoms with E-state index in [1.807, 2.05) is 0 Å². The fraction of sp³-hybridized carbons (Fsp3) is 0.294. The van der Waals surface area contributed by atoms with Gasteiger partial charge < -0.3 is 10.1 Å². The fourth-order valence-electron chi connectivity index (χ4n) is 1.41. The molecule has 0 aliphatic heterocycles. The highest BCUT2D eigenvalue weighted by Crippen LogP contribution is 2.31. The molecular formula is C17H18F3NO. The smallest absolute Gasteiger partial charge is 0.416 e. The average Bonchev–Trinajstić information content (AvgIpc) is 2.69. The zero-order chi connectivity index (χ0) is 28.1. The van der Waals surface area contributed by atoms with Gasteiger partial charge in [0, 0.05) is 13.3 Å². The van der Waals surface area contributed by atoms with Crippen LogP contribution in [0.25, 0.3) is 0 Å². The summed E-state index contributed by atoms with van der Waals surface area (Å²) >= 11 is 0. The number of alkyl halides is 3. The second-order valence-electron chi connectivity index (χ2n) is 3.85. The number of rotatable bonds is 6. The molecule has 5 heteroatoms. The Morgan fingerprint density at radius 3 is 2.45 bits per heavy atom. The van der Waals surface area contributed by atoms with Crippen LogP contribution in [0.4, 0.5) is 13.2 Å². The fourth-order valence-corrected chi connectivity index (χ4v) is 1.41. The highest BCUT2D eigenvalue weighted by molar-refractivity contribution is 5.30. The molecule has 0 aliphatic carbocycles. The molecule has 0 heterocycles. The Bertz CT molecular complexity index is 1120. The van der Waals surface area contributed by atoms with Gasteiger partial charge >= 0.3 is 6.18 Å². The highest BCUT2D eigenvalue weighted by Gasteiger charge is 2.30. The SMILES string of the molecule is [2H]c1c([2H])c([2H])c(C(CC([2H])([2H])NC([2H])([2H])[2H])Oc2c([2H])c([2H])c(C(F)(F)F)c([2H])c2[2H])c([2H])c1[2H]. The molecule has 2 aromatic carbocycles. The largest absolute Gasteiger partial charge is 0.486 e. The molecule has 1 atom stereocenters. The minimum absolute atomic E-state index is 0.742. The standard InChI is InChI=1S/C17H18F3NO/c1-21-12-11-16(13-5-3-2-4-6-13)22-15-9-7-14(8-10-15)17(18,19)20/h2-10,16,21H,11-12H2,1H3/i1D3,2D,3D,4D,5D,6D,7D,8D,9D,10D,12D2. The van der Waals surface area contributed by atoms with Crippen molar-refractivity contribution in [2.45, 2.75) is 18.7 Å². The number of hydrogen-bond donors (Lipinski definition) is 1. The van der Waals surface area contributed by atoms with Crippen LogP contribution in [-0.4, -0.2) is 13.5 Å². The third kappa shape index (κ3) is 4.49. The molecule has 0 saturated heterocycles. The molecule has 0 spiro atoms. The second-order valence-corrected chi connectivity index (χ2v) is 3.85. The van der Waals surface area contributed by atoms with Crippen molar-refractivity contribution in [1.82, 2.24) is 5.32 Å². The van der Waals surface area contributed by atoms with Crippen LogP contribution in [0.5, 0.6) is 5.75 Å². The lowest BCUT2D eigenvalue weighted by molar-refractivity contribution is -0.137. The first-order chi connectivity index (χ1) is 16.1. The lowest BCUT2D eigenvalue weighted by Gasteiger charge is -2.20. The molecule has 22 heavy (non-hydrogen) atoms. The summed E-state index contributed by atoms with van der Waals surface area (Å²) in [6.07, 6.45) is -8.46. The Morgan fingerprint density at radius 1 is 1.18 bits per heavy atom. The molecule has 118 valence electrons. The summed E-state index contributed by atoms with van der Waals surface area (Å²) < 4.78 is 153. The molecule has 2 rings (SSSR count). The van der Waals surface area contributed by atoms with Crippen LogP contribution >= 0.6 is 0 Å². The van der Waals surface area contributed by atoms with Crippen molar-refractivity contribution in [3.8, 4) is 5.75 Å². The van der Waals surface area contributed by atoms with Crippen LogP contribution in [0.15, 0.2) is 54.4 Å². The van der Waals surface area contributed by atoms with Gasteiger partial charge in [0.1, 0.15) is 11.9 Å². The third-order valence-corrected chi connectivity index (χ3v) is 2.36. The summed E-state index contributed by atoms with van der Waals surface area (Å²) in [7, 11) is 0. The van der Waals surface area contributed by atoms with Gasteiger partial charge in [0.05, 0.1) is 17.9 Å². The zero-order valence-corrected chi connectivity index (χ0v) is 10.8. The van der Waals surface area contributed by atoms with E-state index in [4.69, 9.17) is 23.9 Å². The van der Waals surface area contributed by atoms with E-state index in [0.717, 1.165) is 0 Å². The van der Waals surface area contributed by atoms with Gasteiger partial charge in [-0.1, -0.05) is 30.2 Å². The zero-order valence-electron chi connectivity index (χ0n) is 24.8. The van der Waals surface area contributed by atoms with Gasteiger partial charge in [-0.05, 0) is 43.2 Å². The molecule has 2 aromatic rings. The molecule has 1 unspecified atom stereocenters. The Kier molecular flexibility index (Phi) is 1.96. The van der Waals surface area contributed by atoms with Crippen LogP contribution in [0.1, 0.15) is 42.8 Å². The summed E-state index contributed by atoms with van der Waals surface area (Å²) in [5, 5.41) is 1.63. The van der Waals surface area contributed by atoms with E-state index in [9.17, 15) is 13.2 Å².